The van der Waals surface area contributed by atoms with Gasteiger partial charge in [0.05, 0.1) is 6.04 Å². The van der Waals surface area contributed by atoms with Crippen molar-refractivity contribution in [1.29, 1.82) is 0 Å². The second-order valence-corrected chi connectivity index (χ2v) is 7.42. The number of ether oxygens (including phenoxy) is 1. The van der Waals surface area contributed by atoms with Gasteiger partial charge in [0.15, 0.2) is 0 Å². The molecule has 3 unspecified atom stereocenters. The molecule has 3 atom stereocenters. The third kappa shape index (κ3) is 2.26. The van der Waals surface area contributed by atoms with Crippen LogP contribution in [0, 0.1) is 5.92 Å². The first-order valence-corrected chi connectivity index (χ1v) is 8.29. The summed E-state index contributed by atoms with van der Waals surface area (Å²) in [5.74, 6) is 1.06. The number of aliphatic hydroxyl groups excluding tert-OH is 1. The van der Waals surface area contributed by atoms with Crippen molar-refractivity contribution in [3.05, 3.63) is 17.7 Å². The number of fused-ring (bicyclic) bond motifs is 2. The fraction of sp³-hybridized carbons (Fsp3) is 0.588. The summed E-state index contributed by atoms with van der Waals surface area (Å²) in [5.41, 5.74) is 1.13. The van der Waals surface area contributed by atoms with Crippen molar-refractivity contribution in [2.75, 3.05) is 6.54 Å². The average Bonchev–Trinajstić information content (AvgIpc) is 2.95. The molecular formula is C17H21N3O4. The van der Waals surface area contributed by atoms with Crippen LogP contribution < -0.4 is 4.74 Å². The van der Waals surface area contributed by atoms with Crippen LogP contribution in [-0.4, -0.2) is 44.5 Å². The van der Waals surface area contributed by atoms with Gasteiger partial charge in [0.1, 0.15) is 28.5 Å². The molecule has 0 bridgehead atoms. The molecule has 7 nitrogen and oxygen atoms in total. The van der Waals surface area contributed by atoms with Gasteiger partial charge in [-0.3, -0.25) is 4.79 Å². The summed E-state index contributed by atoms with van der Waals surface area (Å²) in [6.07, 6.45) is 0.604. The van der Waals surface area contributed by atoms with Gasteiger partial charge in [-0.2, -0.15) is 0 Å². The highest BCUT2D eigenvalue weighted by Gasteiger charge is 2.47. The van der Waals surface area contributed by atoms with Crippen LogP contribution in [0.3, 0.4) is 0 Å². The standard InChI is InChI=1S/C17H21N3O4/c1-9-4-5-20(14(21)6-9)15-10-7-11-12(19-24-18-11)8-13(10)23-17(2,3)16(15)22/h7-9,15-16,22H,4-6H2,1-3H3. The normalized spacial score (nSPS) is 29.4. The zero-order valence-electron chi connectivity index (χ0n) is 14.0. The summed E-state index contributed by atoms with van der Waals surface area (Å²) in [4.78, 5) is 14.4. The highest BCUT2D eigenvalue weighted by Crippen LogP contribution is 2.45. The van der Waals surface area contributed by atoms with E-state index in [4.69, 9.17) is 9.37 Å². The predicted octanol–water partition coefficient (Wildman–Crippen LogP) is 2.05. The van der Waals surface area contributed by atoms with E-state index >= 15 is 0 Å². The van der Waals surface area contributed by atoms with Gasteiger partial charge in [0.2, 0.25) is 5.91 Å². The second-order valence-electron chi connectivity index (χ2n) is 7.42. The molecule has 2 aliphatic heterocycles. The molecule has 1 saturated heterocycles. The topological polar surface area (TPSA) is 88.7 Å². The van der Waals surface area contributed by atoms with E-state index < -0.39 is 17.7 Å². The minimum atomic E-state index is -0.834. The Morgan fingerprint density at radius 2 is 2.00 bits per heavy atom. The van der Waals surface area contributed by atoms with E-state index in [-0.39, 0.29) is 5.91 Å². The minimum Gasteiger partial charge on any atom is -0.485 e. The Balaban J connectivity index is 1.84. The van der Waals surface area contributed by atoms with Crippen LogP contribution in [0.2, 0.25) is 0 Å². The Labute approximate surface area is 139 Å². The molecule has 1 amide bonds. The molecule has 2 aromatic rings. The summed E-state index contributed by atoms with van der Waals surface area (Å²) < 4.78 is 10.8. The molecule has 24 heavy (non-hydrogen) atoms. The highest BCUT2D eigenvalue weighted by molar-refractivity contribution is 5.80. The van der Waals surface area contributed by atoms with Gasteiger partial charge in [0.25, 0.3) is 0 Å². The minimum absolute atomic E-state index is 0.0693. The largest absolute Gasteiger partial charge is 0.485 e. The van der Waals surface area contributed by atoms with Gasteiger partial charge in [0, 0.05) is 24.6 Å². The predicted molar refractivity (Wildman–Crippen MR) is 85.4 cm³/mol. The molecule has 0 saturated carbocycles. The summed E-state index contributed by atoms with van der Waals surface area (Å²) in [6.45, 7) is 6.37. The number of benzene rings is 1. The molecule has 0 radical (unpaired) electrons. The second kappa shape index (κ2) is 5.17. The zero-order chi connectivity index (χ0) is 17.1. The SMILES string of the molecule is CC1CCN(C2c3cc4nonc4cc3OC(C)(C)C2O)C(=O)C1. The Hall–Kier alpha value is -2.15. The van der Waals surface area contributed by atoms with E-state index in [1.165, 1.54) is 0 Å². The maximum atomic E-state index is 12.6. The number of likely N-dealkylation sites (tertiary alicyclic amines) is 1. The smallest absolute Gasteiger partial charge is 0.223 e. The Morgan fingerprint density at radius 1 is 1.29 bits per heavy atom. The van der Waals surface area contributed by atoms with Crippen molar-refractivity contribution in [2.45, 2.75) is 51.4 Å². The van der Waals surface area contributed by atoms with E-state index in [1.54, 1.807) is 17.0 Å². The molecule has 1 N–H and O–H groups in total. The van der Waals surface area contributed by atoms with E-state index in [0.29, 0.717) is 35.7 Å². The van der Waals surface area contributed by atoms with E-state index in [1.807, 2.05) is 13.8 Å². The monoisotopic (exact) mass is 331 g/mol. The van der Waals surface area contributed by atoms with Gasteiger partial charge >= 0.3 is 0 Å². The molecular weight excluding hydrogens is 310 g/mol. The molecule has 1 aromatic carbocycles. The van der Waals surface area contributed by atoms with Crippen LogP contribution in [0.1, 0.15) is 45.2 Å². The number of carbonyl (C=O) groups excluding carboxylic acids is 1. The first-order chi connectivity index (χ1) is 11.4. The molecule has 7 heteroatoms. The molecule has 4 rings (SSSR count). The molecule has 0 spiro atoms. The number of amides is 1. The van der Waals surface area contributed by atoms with E-state index in [0.717, 1.165) is 12.0 Å². The van der Waals surface area contributed by atoms with Crippen molar-refractivity contribution in [2.24, 2.45) is 5.92 Å². The van der Waals surface area contributed by atoms with Gasteiger partial charge in [-0.15, -0.1) is 0 Å². The van der Waals surface area contributed by atoms with Crippen LogP contribution in [0.5, 0.6) is 5.75 Å². The zero-order valence-corrected chi connectivity index (χ0v) is 14.0. The fourth-order valence-corrected chi connectivity index (χ4v) is 3.68. The number of hydrogen-bond donors (Lipinski definition) is 1. The number of aromatic nitrogens is 2. The number of rotatable bonds is 1. The van der Waals surface area contributed by atoms with Crippen molar-refractivity contribution < 1.29 is 19.3 Å². The lowest BCUT2D eigenvalue weighted by Gasteiger charge is -2.47. The van der Waals surface area contributed by atoms with Gasteiger partial charge in [-0.1, -0.05) is 6.92 Å². The van der Waals surface area contributed by atoms with Gasteiger partial charge in [-0.25, -0.2) is 4.63 Å². The maximum absolute atomic E-state index is 12.6. The molecule has 0 aliphatic carbocycles. The quantitative estimate of drug-likeness (QED) is 0.860. The average molecular weight is 331 g/mol. The maximum Gasteiger partial charge on any atom is 0.223 e. The lowest BCUT2D eigenvalue weighted by atomic mass is 9.83. The fourth-order valence-electron chi connectivity index (χ4n) is 3.68. The lowest BCUT2D eigenvalue weighted by molar-refractivity contribution is -0.149. The number of carbonyl (C=O) groups is 1. The Bertz CT molecular complexity index is 800. The first kappa shape index (κ1) is 15.4. The molecule has 1 aromatic heterocycles. The summed E-state index contributed by atoms with van der Waals surface area (Å²) in [6, 6.07) is 3.11. The van der Waals surface area contributed by atoms with Crippen LogP contribution in [0.4, 0.5) is 0 Å². The van der Waals surface area contributed by atoms with Crippen LogP contribution in [0.15, 0.2) is 16.8 Å². The van der Waals surface area contributed by atoms with Gasteiger partial charge < -0.3 is 14.7 Å². The van der Waals surface area contributed by atoms with E-state index in [2.05, 4.69) is 17.2 Å². The van der Waals surface area contributed by atoms with Crippen LogP contribution >= 0.6 is 0 Å². The Morgan fingerprint density at radius 3 is 2.71 bits per heavy atom. The van der Waals surface area contributed by atoms with Crippen LogP contribution in [0.25, 0.3) is 11.0 Å². The van der Waals surface area contributed by atoms with Crippen molar-refractivity contribution in [3.8, 4) is 5.75 Å². The van der Waals surface area contributed by atoms with Gasteiger partial charge in [-0.05, 0) is 42.6 Å². The summed E-state index contributed by atoms with van der Waals surface area (Å²) >= 11 is 0. The molecule has 1 fully saturated rings. The number of piperidine rings is 1. The van der Waals surface area contributed by atoms with Crippen molar-refractivity contribution in [3.63, 3.8) is 0 Å². The van der Waals surface area contributed by atoms with Crippen LogP contribution in [-0.2, 0) is 4.79 Å². The lowest BCUT2D eigenvalue weighted by Crippen LogP contribution is -2.56. The third-order valence-electron chi connectivity index (χ3n) is 5.13. The number of hydrogen-bond acceptors (Lipinski definition) is 6. The summed E-state index contributed by atoms with van der Waals surface area (Å²) in [7, 11) is 0. The van der Waals surface area contributed by atoms with Crippen molar-refractivity contribution >= 4 is 16.9 Å². The Kier molecular flexibility index (Phi) is 3.32. The highest BCUT2D eigenvalue weighted by atomic mass is 16.6. The number of aliphatic hydroxyl groups is 1. The first-order valence-electron chi connectivity index (χ1n) is 8.29. The molecule has 2 aliphatic rings. The molecule has 3 heterocycles. The molecule has 128 valence electrons. The third-order valence-corrected chi connectivity index (χ3v) is 5.13. The number of nitrogens with zero attached hydrogens (tertiary/aromatic N) is 3. The summed E-state index contributed by atoms with van der Waals surface area (Å²) in [5, 5.41) is 18.6. The van der Waals surface area contributed by atoms with Crippen molar-refractivity contribution in [1.82, 2.24) is 15.2 Å². The van der Waals surface area contributed by atoms with E-state index in [9.17, 15) is 9.90 Å².